The SMILES string of the molecule is COC(CNC(=O)CCC1CCCC1)c1ccccc1C. The van der Waals surface area contributed by atoms with E-state index in [1.165, 1.54) is 31.2 Å². The van der Waals surface area contributed by atoms with Crippen molar-refractivity contribution in [3.8, 4) is 0 Å². The number of aryl methyl sites for hydroxylation is 1. The molecule has 0 bridgehead atoms. The number of hydrogen-bond donors (Lipinski definition) is 1. The fourth-order valence-corrected chi connectivity index (χ4v) is 3.20. The van der Waals surface area contributed by atoms with Gasteiger partial charge in [-0.2, -0.15) is 0 Å². The fraction of sp³-hybridized carbons (Fsp3) is 0.611. The van der Waals surface area contributed by atoms with Crippen LogP contribution in [0.2, 0.25) is 0 Å². The fourth-order valence-electron chi connectivity index (χ4n) is 3.20. The lowest BCUT2D eigenvalue weighted by molar-refractivity contribution is -0.122. The molecule has 2 rings (SSSR count). The normalized spacial score (nSPS) is 16.9. The molecular weight excluding hydrogens is 262 g/mol. The van der Waals surface area contributed by atoms with Crippen LogP contribution in [0.15, 0.2) is 24.3 Å². The predicted octanol–water partition coefficient (Wildman–Crippen LogP) is 3.77. The number of carbonyl (C=O) groups excluding carboxylic acids is 1. The van der Waals surface area contributed by atoms with Crippen LogP contribution >= 0.6 is 0 Å². The Balaban J connectivity index is 1.77. The van der Waals surface area contributed by atoms with Crippen LogP contribution in [0, 0.1) is 12.8 Å². The lowest BCUT2D eigenvalue weighted by atomic mass is 10.0. The second-order valence-corrected chi connectivity index (χ2v) is 6.07. The van der Waals surface area contributed by atoms with Crippen LogP contribution in [0.5, 0.6) is 0 Å². The topological polar surface area (TPSA) is 38.3 Å². The van der Waals surface area contributed by atoms with Crippen molar-refractivity contribution in [3.63, 3.8) is 0 Å². The number of methoxy groups -OCH3 is 1. The molecule has 0 heterocycles. The first-order valence-corrected chi connectivity index (χ1v) is 8.05. The van der Waals surface area contributed by atoms with Crippen molar-refractivity contribution in [1.82, 2.24) is 5.32 Å². The van der Waals surface area contributed by atoms with Gasteiger partial charge in [-0.05, 0) is 30.4 Å². The minimum Gasteiger partial charge on any atom is -0.375 e. The minimum atomic E-state index is -0.0679. The molecule has 0 saturated heterocycles. The second kappa shape index (κ2) is 8.18. The van der Waals surface area contributed by atoms with Crippen LogP contribution in [-0.2, 0) is 9.53 Å². The van der Waals surface area contributed by atoms with Crippen LogP contribution < -0.4 is 5.32 Å². The quantitative estimate of drug-likeness (QED) is 0.830. The summed E-state index contributed by atoms with van der Waals surface area (Å²) in [6.45, 7) is 2.62. The molecular formula is C18H27NO2. The molecule has 1 fully saturated rings. The summed E-state index contributed by atoms with van der Waals surface area (Å²) in [5.74, 6) is 0.919. The summed E-state index contributed by atoms with van der Waals surface area (Å²) in [5, 5.41) is 3.02. The summed E-state index contributed by atoms with van der Waals surface area (Å²) in [5.41, 5.74) is 2.35. The second-order valence-electron chi connectivity index (χ2n) is 6.07. The third kappa shape index (κ3) is 4.85. The summed E-state index contributed by atoms with van der Waals surface area (Å²) >= 11 is 0. The standard InChI is InChI=1S/C18H27NO2/c1-14-7-3-6-10-16(14)17(21-2)13-19-18(20)12-11-15-8-4-5-9-15/h3,6-7,10,15,17H,4-5,8-9,11-13H2,1-2H3,(H,19,20). The maximum atomic E-state index is 12.0. The van der Waals surface area contributed by atoms with Gasteiger partial charge in [-0.1, -0.05) is 49.9 Å². The van der Waals surface area contributed by atoms with Crippen LogP contribution in [-0.4, -0.2) is 19.6 Å². The van der Waals surface area contributed by atoms with E-state index in [1.54, 1.807) is 7.11 Å². The first kappa shape index (κ1) is 16.0. The highest BCUT2D eigenvalue weighted by Crippen LogP contribution is 2.28. The number of rotatable bonds is 7. The summed E-state index contributed by atoms with van der Waals surface area (Å²) in [7, 11) is 1.70. The Hall–Kier alpha value is -1.35. The monoisotopic (exact) mass is 289 g/mol. The highest BCUT2D eigenvalue weighted by Gasteiger charge is 2.17. The molecule has 0 radical (unpaired) electrons. The largest absolute Gasteiger partial charge is 0.375 e. The van der Waals surface area contributed by atoms with Gasteiger partial charge in [-0.25, -0.2) is 0 Å². The average Bonchev–Trinajstić information content (AvgIpc) is 3.01. The van der Waals surface area contributed by atoms with Crippen molar-refractivity contribution in [2.24, 2.45) is 5.92 Å². The van der Waals surface area contributed by atoms with E-state index in [-0.39, 0.29) is 12.0 Å². The molecule has 0 spiro atoms. The van der Waals surface area contributed by atoms with Gasteiger partial charge in [-0.3, -0.25) is 4.79 Å². The van der Waals surface area contributed by atoms with Gasteiger partial charge in [0, 0.05) is 20.1 Å². The maximum absolute atomic E-state index is 12.0. The first-order chi connectivity index (χ1) is 10.2. The van der Waals surface area contributed by atoms with Crippen molar-refractivity contribution < 1.29 is 9.53 Å². The number of amides is 1. The van der Waals surface area contributed by atoms with Gasteiger partial charge in [0.1, 0.15) is 0 Å². The zero-order valence-electron chi connectivity index (χ0n) is 13.2. The number of nitrogens with one attached hydrogen (secondary N) is 1. The Labute approximate surface area is 128 Å². The van der Waals surface area contributed by atoms with Gasteiger partial charge >= 0.3 is 0 Å². The van der Waals surface area contributed by atoms with Crippen LogP contribution in [0.3, 0.4) is 0 Å². The van der Waals surface area contributed by atoms with Crippen molar-refractivity contribution in [3.05, 3.63) is 35.4 Å². The molecule has 1 unspecified atom stereocenters. The average molecular weight is 289 g/mol. The molecule has 3 heteroatoms. The molecule has 1 N–H and O–H groups in total. The molecule has 3 nitrogen and oxygen atoms in total. The molecule has 0 aliphatic heterocycles. The zero-order chi connectivity index (χ0) is 15.1. The Morgan fingerprint density at radius 2 is 2.05 bits per heavy atom. The summed E-state index contributed by atoms with van der Waals surface area (Å²) in [4.78, 5) is 12.0. The van der Waals surface area contributed by atoms with Gasteiger partial charge in [0.15, 0.2) is 0 Å². The lowest BCUT2D eigenvalue weighted by Gasteiger charge is -2.19. The zero-order valence-corrected chi connectivity index (χ0v) is 13.2. The highest BCUT2D eigenvalue weighted by atomic mass is 16.5. The smallest absolute Gasteiger partial charge is 0.220 e. The van der Waals surface area contributed by atoms with Crippen molar-refractivity contribution in [2.45, 2.75) is 51.6 Å². The summed E-state index contributed by atoms with van der Waals surface area (Å²) in [6.07, 6.45) is 6.90. The van der Waals surface area contributed by atoms with E-state index in [4.69, 9.17) is 4.74 Å². The van der Waals surface area contributed by atoms with E-state index in [0.29, 0.717) is 13.0 Å². The summed E-state index contributed by atoms with van der Waals surface area (Å²) in [6, 6.07) is 8.17. The van der Waals surface area contributed by atoms with Crippen molar-refractivity contribution in [2.75, 3.05) is 13.7 Å². The number of ether oxygens (including phenoxy) is 1. The van der Waals surface area contributed by atoms with E-state index < -0.39 is 0 Å². The van der Waals surface area contributed by atoms with Gasteiger partial charge < -0.3 is 10.1 Å². The van der Waals surface area contributed by atoms with Gasteiger partial charge in [0.25, 0.3) is 0 Å². The Morgan fingerprint density at radius 1 is 1.33 bits per heavy atom. The molecule has 1 aromatic carbocycles. The third-order valence-electron chi connectivity index (χ3n) is 4.56. The Morgan fingerprint density at radius 3 is 2.71 bits per heavy atom. The molecule has 1 aliphatic carbocycles. The molecule has 1 aliphatic rings. The van der Waals surface area contributed by atoms with E-state index in [9.17, 15) is 4.79 Å². The van der Waals surface area contributed by atoms with Gasteiger partial charge in [0.05, 0.1) is 6.10 Å². The predicted molar refractivity (Wildman–Crippen MR) is 85.1 cm³/mol. The lowest BCUT2D eigenvalue weighted by Crippen LogP contribution is -2.29. The van der Waals surface area contributed by atoms with E-state index >= 15 is 0 Å². The molecule has 0 aromatic heterocycles. The van der Waals surface area contributed by atoms with Crippen LogP contribution in [0.25, 0.3) is 0 Å². The molecule has 1 saturated carbocycles. The summed E-state index contributed by atoms with van der Waals surface area (Å²) < 4.78 is 5.53. The van der Waals surface area contributed by atoms with Gasteiger partial charge in [0.2, 0.25) is 5.91 Å². The Kier molecular flexibility index (Phi) is 6.24. The van der Waals surface area contributed by atoms with E-state index in [1.807, 2.05) is 12.1 Å². The van der Waals surface area contributed by atoms with Crippen LogP contribution in [0.4, 0.5) is 0 Å². The van der Waals surface area contributed by atoms with E-state index in [0.717, 1.165) is 17.9 Å². The maximum Gasteiger partial charge on any atom is 0.220 e. The number of benzene rings is 1. The van der Waals surface area contributed by atoms with Crippen molar-refractivity contribution in [1.29, 1.82) is 0 Å². The van der Waals surface area contributed by atoms with E-state index in [2.05, 4.69) is 24.4 Å². The molecule has 1 atom stereocenters. The minimum absolute atomic E-state index is 0.0679. The first-order valence-electron chi connectivity index (χ1n) is 8.05. The van der Waals surface area contributed by atoms with Gasteiger partial charge in [-0.15, -0.1) is 0 Å². The molecule has 1 amide bonds. The molecule has 1 aromatic rings. The molecule has 116 valence electrons. The molecule has 21 heavy (non-hydrogen) atoms. The third-order valence-corrected chi connectivity index (χ3v) is 4.56. The van der Waals surface area contributed by atoms with Crippen LogP contribution in [0.1, 0.15) is 55.8 Å². The van der Waals surface area contributed by atoms with Crippen molar-refractivity contribution >= 4 is 5.91 Å². The highest BCUT2D eigenvalue weighted by molar-refractivity contribution is 5.75. The number of hydrogen-bond acceptors (Lipinski definition) is 2. The number of carbonyl (C=O) groups is 1. The Bertz CT molecular complexity index is 452.